The molecular formula is C26H28N4O4. The normalized spacial score (nSPS) is 12.9. The first-order valence-electron chi connectivity index (χ1n) is 11.3. The molecule has 0 saturated heterocycles. The van der Waals surface area contributed by atoms with Crippen LogP contribution in [0.3, 0.4) is 0 Å². The molecule has 2 atom stereocenters. The number of oxazole rings is 1. The lowest BCUT2D eigenvalue weighted by Gasteiger charge is -2.17. The maximum absolute atomic E-state index is 13.0. The van der Waals surface area contributed by atoms with E-state index in [9.17, 15) is 9.59 Å². The van der Waals surface area contributed by atoms with Crippen molar-refractivity contribution in [1.82, 2.24) is 15.3 Å². The van der Waals surface area contributed by atoms with Crippen LogP contribution in [0.25, 0.3) is 10.9 Å². The van der Waals surface area contributed by atoms with Crippen molar-refractivity contribution in [2.24, 2.45) is 5.73 Å². The molecule has 0 spiro atoms. The summed E-state index contributed by atoms with van der Waals surface area (Å²) in [6.07, 6.45) is 4.91. The highest BCUT2D eigenvalue weighted by Crippen LogP contribution is 2.20. The molecule has 4 N–H and O–H groups in total. The summed E-state index contributed by atoms with van der Waals surface area (Å²) in [6.45, 7) is 2.12. The minimum absolute atomic E-state index is 0.0707. The fourth-order valence-corrected chi connectivity index (χ4v) is 3.77. The van der Waals surface area contributed by atoms with Crippen molar-refractivity contribution in [2.45, 2.75) is 44.9 Å². The van der Waals surface area contributed by atoms with Crippen LogP contribution < -0.4 is 11.1 Å². The minimum atomic E-state index is -0.917. The Labute approximate surface area is 197 Å². The Morgan fingerprint density at radius 1 is 1.15 bits per heavy atom. The number of carbonyl (C=O) groups excluding carboxylic acids is 2. The standard InChI is InChI=1S/C26H28N4O4/c1-2-8-20(27)25-30-23(16-33-25)24(31)29-22(26(32)34-15-17-9-4-3-5-10-17)13-18-14-28-21-12-7-6-11-19(18)21/h3-7,9-12,14,16,20,22,28H,2,8,13,15,27H2,1H3,(H,29,31). The van der Waals surface area contributed by atoms with E-state index in [1.165, 1.54) is 6.26 Å². The first-order valence-corrected chi connectivity index (χ1v) is 11.3. The number of nitrogens with zero attached hydrogens (tertiary/aromatic N) is 1. The summed E-state index contributed by atoms with van der Waals surface area (Å²) in [4.78, 5) is 33.4. The van der Waals surface area contributed by atoms with E-state index in [2.05, 4.69) is 15.3 Å². The molecule has 8 nitrogen and oxygen atoms in total. The van der Waals surface area contributed by atoms with E-state index in [4.69, 9.17) is 14.9 Å². The highest BCUT2D eigenvalue weighted by molar-refractivity contribution is 5.95. The summed E-state index contributed by atoms with van der Waals surface area (Å²) in [5.74, 6) is -0.763. The molecule has 4 rings (SSSR count). The van der Waals surface area contributed by atoms with Gasteiger partial charge < -0.3 is 25.2 Å². The third kappa shape index (κ3) is 5.52. The number of benzene rings is 2. The molecule has 0 radical (unpaired) electrons. The third-order valence-corrected chi connectivity index (χ3v) is 5.58. The minimum Gasteiger partial charge on any atom is -0.459 e. The van der Waals surface area contributed by atoms with Gasteiger partial charge in [-0.1, -0.05) is 61.9 Å². The van der Waals surface area contributed by atoms with Gasteiger partial charge in [-0.2, -0.15) is 0 Å². The van der Waals surface area contributed by atoms with Crippen molar-refractivity contribution in [3.8, 4) is 0 Å². The number of ether oxygens (including phenoxy) is 1. The van der Waals surface area contributed by atoms with Crippen molar-refractivity contribution in [3.63, 3.8) is 0 Å². The van der Waals surface area contributed by atoms with Gasteiger partial charge in [-0.15, -0.1) is 0 Å². The van der Waals surface area contributed by atoms with Gasteiger partial charge >= 0.3 is 5.97 Å². The number of nitrogens with two attached hydrogens (primary N) is 1. The zero-order chi connectivity index (χ0) is 23.9. The van der Waals surface area contributed by atoms with Gasteiger partial charge in [0.05, 0.1) is 6.04 Å². The van der Waals surface area contributed by atoms with Gasteiger partial charge in [0.1, 0.15) is 18.9 Å². The second-order valence-corrected chi connectivity index (χ2v) is 8.15. The van der Waals surface area contributed by atoms with Crippen LogP contribution in [0.1, 0.15) is 53.3 Å². The monoisotopic (exact) mass is 460 g/mol. The van der Waals surface area contributed by atoms with Gasteiger partial charge in [0, 0.05) is 23.5 Å². The third-order valence-electron chi connectivity index (χ3n) is 5.58. The Kier molecular flexibility index (Phi) is 7.39. The van der Waals surface area contributed by atoms with Crippen molar-refractivity contribution in [1.29, 1.82) is 0 Å². The van der Waals surface area contributed by atoms with E-state index in [-0.39, 0.29) is 24.8 Å². The SMILES string of the molecule is CCCC(N)c1nc(C(=O)NC(Cc2c[nH]c3ccccc23)C(=O)OCc2ccccc2)co1. The Bertz CT molecular complexity index is 1250. The van der Waals surface area contributed by atoms with E-state index in [0.29, 0.717) is 12.3 Å². The van der Waals surface area contributed by atoms with Gasteiger partial charge in [0.15, 0.2) is 5.69 Å². The number of esters is 1. The van der Waals surface area contributed by atoms with Crippen molar-refractivity contribution in [3.05, 3.63) is 89.8 Å². The maximum atomic E-state index is 13.0. The largest absolute Gasteiger partial charge is 0.459 e. The molecule has 34 heavy (non-hydrogen) atoms. The molecule has 0 aliphatic carbocycles. The molecule has 2 heterocycles. The molecule has 0 aliphatic heterocycles. The summed E-state index contributed by atoms with van der Waals surface area (Å²) in [5, 5.41) is 3.74. The first-order chi connectivity index (χ1) is 16.5. The van der Waals surface area contributed by atoms with Gasteiger partial charge in [-0.05, 0) is 23.6 Å². The fraction of sp³-hybridized carbons (Fsp3) is 0.269. The van der Waals surface area contributed by atoms with Crippen LogP contribution in [0, 0.1) is 0 Å². The maximum Gasteiger partial charge on any atom is 0.329 e. The van der Waals surface area contributed by atoms with Crippen LogP contribution in [-0.4, -0.2) is 27.9 Å². The van der Waals surface area contributed by atoms with Crippen LogP contribution >= 0.6 is 0 Å². The molecule has 0 fully saturated rings. The molecule has 2 unspecified atom stereocenters. The molecule has 8 heteroatoms. The lowest BCUT2D eigenvalue weighted by Crippen LogP contribution is -2.43. The van der Waals surface area contributed by atoms with Crippen LogP contribution in [-0.2, 0) is 22.6 Å². The van der Waals surface area contributed by atoms with E-state index < -0.39 is 17.9 Å². The number of carbonyl (C=O) groups is 2. The summed E-state index contributed by atoms with van der Waals surface area (Å²) in [7, 11) is 0. The van der Waals surface area contributed by atoms with Crippen LogP contribution in [0.5, 0.6) is 0 Å². The Hall–Kier alpha value is -3.91. The van der Waals surface area contributed by atoms with E-state index in [1.54, 1.807) is 0 Å². The molecule has 4 aromatic rings. The van der Waals surface area contributed by atoms with Crippen molar-refractivity contribution < 1.29 is 18.7 Å². The molecular weight excluding hydrogens is 432 g/mol. The zero-order valence-electron chi connectivity index (χ0n) is 19.0. The smallest absolute Gasteiger partial charge is 0.329 e. The topological polar surface area (TPSA) is 123 Å². The summed E-state index contributed by atoms with van der Waals surface area (Å²) in [6, 6.07) is 15.9. The average Bonchev–Trinajstić information content (AvgIpc) is 3.51. The second-order valence-electron chi connectivity index (χ2n) is 8.15. The number of fused-ring (bicyclic) bond motifs is 1. The van der Waals surface area contributed by atoms with Gasteiger partial charge in [0.2, 0.25) is 5.89 Å². The summed E-state index contributed by atoms with van der Waals surface area (Å²) >= 11 is 0. The molecule has 0 bridgehead atoms. The Morgan fingerprint density at radius 2 is 1.91 bits per heavy atom. The van der Waals surface area contributed by atoms with Crippen molar-refractivity contribution in [2.75, 3.05) is 0 Å². The Balaban J connectivity index is 1.51. The predicted octanol–water partition coefficient (Wildman–Crippen LogP) is 4.04. The number of H-pyrrole nitrogens is 1. The summed E-state index contributed by atoms with van der Waals surface area (Å²) < 4.78 is 10.9. The highest BCUT2D eigenvalue weighted by atomic mass is 16.5. The quantitative estimate of drug-likeness (QED) is 0.307. The Morgan fingerprint density at radius 3 is 2.71 bits per heavy atom. The number of hydrogen-bond donors (Lipinski definition) is 3. The number of para-hydroxylation sites is 1. The molecule has 1 amide bonds. The number of amides is 1. The number of aromatic amines is 1. The second kappa shape index (κ2) is 10.8. The van der Waals surface area contributed by atoms with Crippen LogP contribution in [0.15, 0.2) is 71.5 Å². The van der Waals surface area contributed by atoms with E-state index in [1.807, 2.05) is 67.7 Å². The fourth-order valence-electron chi connectivity index (χ4n) is 3.77. The number of aromatic nitrogens is 2. The van der Waals surface area contributed by atoms with Crippen molar-refractivity contribution >= 4 is 22.8 Å². The molecule has 0 aliphatic rings. The number of nitrogens with one attached hydrogen (secondary N) is 2. The molecule has 0 saturated carbocycles. The molecule has 2 aromatic heterocycles. The van der Waals surface area contributed by atoms with Gasteiger partial charge in [0.25, 0.3) is 5.91 Å². The van der Waals surface area contributed by atoms with Crippen LogP contribution in [0.2, 0.25) is 0 Å². The number of rotatable bonds is 10. The molecule has 2 aromatic carbocycles. The zero-order valence-corrected chi connectivity index (χ0v) is 19.0. The highest BCUT2D eigenvalue weighted by Gasteiger charge is 2.26. The average molecular weight is 461 g/mol. The number of hydrogen-bond acceptors (Lipinski definition) is 6. The van der Waals surface area contributed by atoms with Gasteiger partial charge in [-0.25, -0.2) is 9.78 Å². The van der Waals surface area contributed by atoms with Gasteiger partial charge in [-0.3, -0.25) is 4.79 Å². The van der Waals surface area contributed by atoms with E-state index in [0.717, 1.165) is 28.5 Å². The van der Waals surface area contributed by atoms with E-state index >= 15 is 0 Å². The lowest BCUT2D eigenvalue weighted by molar-refractivity contribution is -0.147. The predicted molar refractivity (Wildman–Crippen MR) is 128 cm³/mol. The first kappa shape index (κ1) is 23.3. The molecule has 176 valence electrons. The lowest BCUT2D eigenvalue weighted by atomic mass is 10.0. The van der Waals surface area contributed by atoms with Crippen LogP contribution in [0.4, 0.5) is 0 Å². The summed E-state index contributed by atoms with van der Waals surface area (Å²) in [5.41, 5.74) is 8.81.